The van der Waals surface area contributed by atoms with Crippen molar-refractivity contribution in [2.75, 3.05) is 5.32 Å². The van der Waals surface area contributed by atoms with Gasteiger partial charge >= 0.3 is 0 Å². The van der Waals surface area contributed by atoms with Crippen LogP contribution < -0.4 is 11.1 Å². The average molecular weight is 282 g/mol. The molecule has 2 rings (SSSR count). The lowest BCUT2D eigenvalue weighted by atomic mass is 10.2. The third kappa shape index (κ3) is 2.04. The Hall–Kier alpha value is -1.49. The first-order chi connectivity index (χ1) is 7.58. The van der Waals surface area contributed by atoms with E-state index in [2.05, 4.69) is 26.2 Å². The van der Waals surface area contributed by atoms with Crippen molar-refractivity contribution in [3.05, 3.63) is 28.9 Å². The van der Waals surface area contributed by atoms with Crippen LogP contribution in [0.2, 0.25) is 0 Å². The lowest BCUT2D eigenvalue weighted by molar-refractivity contribution is -0.118. The van der Waals surface area contributed by atoms with Gasteiger partial charge in [-0.1, -0.05) is 15.9 Å². The predicted octanol–water partition coefficient (Wildman–Crippen LogP) is 2.22. The number of carbonyl (C=O) groups is 1. The van der Waals surface area contributed by atoms with E-state index >= 15 is 0 Å². The Morgan fingerprint density at radius 1 is 1.56 bits per heavy atom. The Balaban J connectivity index is 2.37. The smallest absolute Gasteiger partial charge is 0.239 e. The average Bonchev–Trinajstić information content (AvgIpc) is 2.61. The Morgan fingerprint density at radius 3 is 3.00 bits per heavy atom. The molecule has 0 unspecified atom stereocenters. The predicted molar refractivity (Wildman–Crippen MR) is 68.3 cm³/mol. The monoisotopic (exact) mass is 281 g/mol. The number of nitrogens with two attached hydrogens (primary N) is 1. The van der Waals surface area contributed by atoms with Crippen LogP contribution in [0.15, 0.2) is 28.9 Å². The van der Waals surface area contributed by atoms with Crippen molar-refractivity contribution in [1.29, 1.82) is 0 Å². The van der Waals surface area contributed by atoms with Crippen molar-refractivity contribution in [3.8, 4) is 0 Å². The normalized spacial score (nSPS) is 12.6. The van der Waals surface area contributed by atoms with Gasteiger partial charge in [0, 0.05) is 21.6 Å². The third-order valence-corrected chi connectivity index (χ3v) is 2.94. The van der Waals surface area contributed by atoms with Crippen LogP contribution in [0.5, 0.6) is 0 Å². The molecule has 1 atom stereocenters. The summed E-state index contributed by atoms with van der Waals surface area (Å²) in [6, 6.07) is 5.53. The second-order valence-electron chi connectivity index (χ2n) is 3.66. The number of amides is 1. The van der Waals surface area contributed by atoms with Crippen LogP contribution in [0.25, 0.3) is 10.9 Å². The number of nitrogens with one attached hydrogen (secondary N) is 2. The van der Waals surface area contributed by atoms with Crippen molar-refractivity contribution < 1.29 is 4.79 Å². The highest BCUT2D eigenvalue weighted by Crippen LogP contribution is 2.26. The summed E-state index contributed by atoms with van der Waals surface area (Å²) in [5, 5.41) is 4.09. The molecule has 1 amide bonds. The number of rotatable bonds is 3. The van der Waals surface area contributed by atoms with Crippen molar-refractivity contribution in [2.45, 2.75) is 13.0 Å². The number of fused-ring (bicyclic) bond motifs is 1. The summed E-state index contributed by atoms with van der Waals surface area (Å²) in [7, 11) is 0. The maximum absolute atomic E-state index is 11.0. The van der Waals surface area contributed by atoms with Gasteiger partial charge in [-0.3, -0.25) is 4.79 Å². The van der Waals surface area contributed by atoms with Gasteiger partial charge in [0.05, 0.1) is 5.69 Å². The van der Waals surface area contributed by atoms with Crippen LogP contribution >= 0.6 is 15.9 Å². The van der Waals surface area contributed by atoms with E-state index < -0.39 is 6.04 Å². The van der Waals surface area contributed by atoms with Crippen LogP contribution in [-0.2, 0) is 4.79 Å². The maximum atomic E-state index is 11.0. The molecule has 0 fully saturated rings. The summed E-state index contributed by atoms with van der Waals surface area (Å²) in [4.78, 5) is 14.1. The molecule has 1 heterocycles. The number of carbonyl (C=O) groups excluding carboxylic acids is 1. The topological polar surface area (TPSA) is 70.9 Å². The molecule has 0 radical (unpaired) electrons. The van der Waals surface area contributed by atoms with E-state index in [0.717, 1.165) is 21.1 Å². The van der Waals surface area contributed by atoms with E-state index in [1.54, 1.807) is 6.92 Å². The number of anilines is 1. The minimum atomic E-state index is -0.391. The summed E-state index contributed by atoms with van der Waals surface area (Å²) in [5.41, 5.74) is 7.10. The fourth-order valence-corrected chi connectivity index (χ4v) is 1.88. The van der Waals surface area contributed by atoms with Crippen LogP contribution in [0.4, 0.5) is 5.69 Å². The van der Waals surface area contributed by atoms with Crippen LogP contribution in [0.3, 0.4) is 0 Å². The van der Waals surface area contributed by atoms with Gasteiger partial charge in [-0.05, 0) is 25.1 Å². The molecule has 0 aliphatic heterocycles. The standard InChI is InChI=1S/C11H12BrN3O/c1-6(11(13)16)15-10-5-14-9-3-2-7(12)4-8(9)10/h2-6,14-15H,1H3,(H2,13,16)/t6-/m0/s1. The Kier molecular flexibility index (Phi) is 2.87. The van der Waals surface area contributed by atoms with Gasteiger partial charge in [-0.15, -0.1) is 0 Å². The maximum Gasteiger partial charge on any atom is 0.239 e. The molecule has 0 saturated heterocycles. The molecule has 1 aromatic carbocycles. The number of benzene rings is 1. The van der Waals surface area contributed by atoms with Gasteiger partial charge in [0.2, 0.25) is 5.91 Å². The minimum absolute atomic E-state index is 0.371. The molecule has 1 aromatic heterocycles. The van der Waals surface area contributed by atoms with Crippen molar-refractivity contribution >= 4 is 38.4 Å². The number of aromatic nitrogens is 1. The number of aromatic amines is 1. The highest BCUT2D eigenvalue weighted by molar-refractivity contribution is 9.10. The number of hydrogen-bond donors (Lipinski definition) is 3. The van der Waals surface area contributed by atoms with Gasteiger partial charge in [0.25, 0.3) is 0 Å². The molecule has 5 heteroatoms. The van der Waals surface area contributed by atoms with E-state index in [9.17, 15) is 4.79 Å². The molecule has 2 aromatic rings. The number of primary amides is 1. The quantitative estimate of drug-likeness (QED) is 0.807. The largest absolute Gasteiger partial charge is 0.372 e. The van der Waals surface area contributed by atoms with Gasteiger partial charge in [0.1, 0.15) is 6.04 Å². The Morgan fingerprint density at radius 2 is 2.31 bits per heavy atom. The van der Waals surface area contributed by atoms with E-state index in [1.165, 1.54) is 0 Å². The number of H-pyrrole nitrogens is 1. The Bertz CT molecular complexity index is 535. The molecule has 4 N–H and O–H groups in total. The highest BCUT2D eigenvalue weighted by atomic mass is 79.9. The highest BCUT2D eigenvalue weighted by Gasteiger charge is 2.11. The fraction of sp³-hybridized carbons (Fsp3) is 0.182. The van der Waals surface area contributed by atoms with E-state index in [0.29, 0.717) is 0 Å². The van der Waals surface area contributed by atoms with Crippen LogP contribution in [0, 0.1) is 0 Å². The molecule has 4 nitrogen and oxygen atoms in total. The molecule has 0 aliphatic rings. The summed E-state index contributed by atoms with van der Waals surface area (Å²) >= 11 is 3.41. The van der Waals surface area contributed by atoms with E-state index in [4.69, 9.17) is 5.73 Å². The molecule has 16 heavy (non-hydrogen) atoms. The lowest BCUT2D eigenvalue weighted by Gasteiger charge is -2.10. The van der Waals surface area contributed by atoms with Gasteiger partial charge in [0.15, 0.2) is 0 Å². The SMILES string of the molecule is C[C@H](Nc1c[nH]c2ccc(Br)cc12)C(N)=O. The van der Waals surface area contributed by atoms with Crippen LogP contribution in [0.1, 0.15) is 6.92 Å². The Labute approximate surface area is 101 Å². The first-order valence-electron chi connectivity index (χ1n) is 4.90. The molecule has 0 spiro atoms. The second-order valence-corrected chi connectivity index (χ2v) is 4.58. The van der Waals surface area contributed by atoms with E-state index in [-0.39, 0.29) is 5.91 Å². The van der Waals surface area contributed by atoms with Crippen LogP contribution in [-0.4, -0.2) is 16.9 Å². The van der Waals surface area contributed by atoms with Gasteiger partial charge in [-0.25, -0.2) is 0 Å². The molecule has 84 valence electrons. The minimum Gasteiger partial charge on any atom is -0.372 e. The van der Waals surface area contributed by atoms with Crippen molar-refractivity contribution in [3.63, 3.8) is 0 Å². The number of hydrogen-bond acceptors (Lipinski definition) is 2. The van der Waals surface area contributed by atoms with Gasteiger partial charge < -0.3 is 16.0 Å². The molecular weight excluding hydrogens is 270 g/mol. The first-order valence-corrected chi connectivity index (χ1v) is 5.69. The zero-order chi connectivity index (χ0) is 11.7. The zero-order valence-corrected chi connectivity index (χ0v) is 10.3. The summed E-state index contributed by atoms with van der Waals surface area (Å²) < 4.78 is 0.995. The van der Waals surface area contributed by atoms with Gasteiger partial charge in [-0.2, -0.15) is 0 Å². The van der Waals surface area contributed by atoms with Crippen molar-refractivity contribution in [2.24, 2.45) is 5.73 Å². The summed E-state index contributed by atoms with van der Waals surface area (Å²) in [6.45, 7) is 1.74. The lowest BCUT2D eigenvalue weighted by Crippen LogP contribution is -2.32. The summed E-state index contributed by atoms with van der Waals surface area (Å²) in [5.74, 6) is -0.371. The molecule has 0 bridgehead atoms. The summed E-state index contributed by atoms with van der Waals surface area (Å²) in [6.07, 6.45) is 1.83. The second kappa shape index (κ2) is 4.17. The number of halogens is 1. The zero-order valence-electron chi connectivity index (χ0n) is 8.75. The molecular formula is C11H12BrN3O. The third-order valence-electron chi connectivity index (χ3n) is 2.44. The van der Waals surface area contributed by atoms with Crippen molar-refractivity contribution in [1.82, 2.24) is 4.98 Å². The fourth-order valence-electron chi connectivity index (χ4n) is 1.52. The molecule has 0 saturated carbocycles. The van der Waals surface area contributed by atoms with E-state index in [1.807, 2.05) is 24.4 Å². The first kappa shape index (κ1) is 11.0. The molecule has 0 aliphatic carbocycles.